The molecule has 0 radical (unpaired) electrons. The lowest BCUT2D eigenvalue weighted by Gasteiger charge is -2.20. The first-order valence-corrected chi connectivity index (χ1v) is 7.23. The molecule has 8 heteroatoms. The summed E-state index contributed by atoms with van der Waals surface area (Å²) in [6.07, 6.45) is 2.36. The number of hydrogen-bond acceptors (Lipinski definition) is 4. The molecular formula is C14H17Cl2N3O3. The van der Waals surface area contributed by atoms with Crippen LogP contribution in [0.4, 0.5) is 11.4 Å². The molecule has 1 heterocycles. The number of fused-ring (bicyclic) bond motifs is 1. The van der Waals surface area contributed by atoms with Crippen LogP contribution in [0.2, 0.25) is 5.02 Å². The fourth-order valence-corrected chi connectivity index (χ4v) is 2.90. The molecule has 1 aliphatic heterocycles. The van der Waals surface area contributed by atoms with E-state index in [0.717, 1.165) is 12.8 Å². The summed E-state index contributed by atoms with van der Waals surface area (Å²) >= 11 is 6.14. The third-order valence-electron chi connectivity index (χ3n) is 3.80. The number of nitrogens with one attached hydrogen (secondary N) is 2. The monoisotopic (exact) mass is 345 g/mol. The molecule has 1 aliphatic carbocycles. The first-order valence-electron chi connectivity index (χ1n) is 6.85. The zero-order chi connectivity index (χ0) is 15.0. The number of rotatable bonds is 2. The molecule has 0 saturated heterocycles. The van der Waals surface area contributed by atoms with Gasteiger partial charge in [0.25, 0.3) is 5.91 Å². The number of carbonyl (C=O) groups is 2. The van der Waals surface area contributed by atoms with Crippen molar-refractivity contribution in [1.29, 1.82) is 0 Å². The van der Waals surface area contributed by atoms with E-state index in [4.69, 9.17) is 22.1 Å². The van der Waals surface area contributed by atoms with Gasteiger partial charge < -0.3 is 21.1 Å². The lowest BCUT2D eigenvalue weighted by atomic mass is 10.1. The number of benzene rings is 1. The fraction of sp³-hybridized carbons (Fsp3) is 0.429. The van der Waals surface area contributed by atoms with Crippen molar-refractivity contribution in [1.82, 2.24) is 0 Å². The van der Waals surface area contributed by atoms with Crippen molar-refractivity contribution in [2.45, 2.75) is 25.3 Å². The molecular weight excluding hydrogens is 329 g/mol. The van der Waals surface area contributed by atoms with Gasteiger partial charge in [-0.2, -0.15) is 0 Å². The Bertz CT molecular complexity index is 609. The third-order valence-corrected chi connectivity index (χ3v) is 4.12. The number of halogens is 2. The lowest BCUT2D eigenvalue weighted by Crippen LogP contribution is -2.26. The summed E-state index contributed by atoms with van der Waals surface area (Å²) in [6.45, 7) is -0.0422. The maximum absolute atomic E-state index is 12.2. The number of nitrogens with two attached hydrogens (primary N) is 1. The van der Waals surface area contributed by atoms with E-state index in [-0.39, 0.29) is 42.8 Å². The Hall–Kier alpha value is -1.50. The van der Waals surface area contributed by atoms with Crippen LogP contribution in [0.25, 0.3) is 0 Å². The fourth-order valence-electron chi connectivity index (χ4n) is 2.69. The predicted octanol–water partition coefficient (Wildman–Crippen LogP) is 2.16. The Labute approximate surface area is 139 Å². The highest BCUT2D eigenvalue weighted by Gasteiger charge is 2.28. The number of hydrogen-bond donors (Lipinski definition) is 3. The zero-order valence-corrected chi connectivity index (χ0v) is 13.3. The predicted molar refractivity (Wildman–Crippen MR) is 86.8 cm³/mol. The van der Waals surface area contributed by atoms with Gasteiger partial charge in [-0.25, -0.2) is 0 Å². The molecule has 2 unspecified atom stereocenters. The van der Waals surface area contributed by atoms with Crippen LogP contribution < -0.4 is 21.1 Å². The smallest absolute Gasteiger partial charge is 0.262 e. The second-order valence-electron chi connectivity index (χ2n) is 5.42. The van der Waals surface area contributed by atoms with Crippen LogP contribution in [0.5, 0.6) is 5.75 Å². The van der Waals surface area contributed by atoms with Gasteiger partial charge in [-0.1, -0.05) is 11.6 Å². The molecule has 6 nitrogen and oxygen atoms in total. The summed E-state index contributed by atoms with van der Waals surface area (Å²) in [4.78, 5) is 23.4. The van der Waals surface area contributed by atoms with E-state index in [1.165, 1.54) is 0 Å². The van der Waals surface area contributed by atoms with Crippen LogP contribution in [-0.2, 0) is 9.59 Å². The molecule has 2 aliphatic rings. The Balaban J connectivity index is 0.00000176. The quantitative estimate of drug-likeness (QED) is 0.765. The highest BCUT2D eigenvalue weighted by atomic mass is 35.5. The average Bonchev–Trinajstić information content (AvgIpc) is 2.86. The van der Waals surface area contributed by atoms with Gasteiger partial charge in [-0.3, -0.25) is 9.59 Å². The van der Waals surface area contributed by atoms with Crippen LogP contribution in [0.3, 0.4) is 0 Å². The van der Waals surface area contributed by atoms with Crippen LogP contribution in [-0.4, -0.2) is 24.5 Å². The summed E-state index contributed by atoms with van der Waals surface area (Å²) < 4.78 is 5.31. The van der Waals surface area contributed by atoms with Crippen LogP contribution >= 0.6 is 24.0 Å². The Morgan fingerprint density at radius 1 is 1.41 bits per heavy atom. The molecule has 0 aromatic heterocycles. The second kappa shape index (κ2) is 6.73. The molecule has 3 rings (SSSR count). The Kier molecular flexibility index (Phi) is 5.16. The molecule has 120 valence electrons. The van der Waals surface area contributed by atoms with E-state index in [0.29, 0.717) is 28.6 Å². The van der Waals surface area contributed by atoms with Crippen molar-refractivity contribution in [2.24, 2.45) is 11.7 Å². The molecule has 1 aromatic rings. The molecule has 2 atom stereocenters. The van der Waals surface area contributed by atoms with E-state index < -0.39 is 0 Å². The van der Waals surface area contributed by atoms with Gasteiger partial charge in [-0.05, 0) is 25.3 Å². The SMILES string of the molecule is Cl.NC1CCC(C(=O)Nc2cc3c(cc2Cl)NC(=O)CO3)C1. The summed E-state index contributed by atoms with van der Waals surface area (Å²) in [5.41, 5.74) is 6.82. The van der Waals surface area contributed by atoms with E-state index in [1.807, 2.05) is 0 Å². The molecule has 2 amide bonds. The van der Waals surface area contributed by atoms with Crippen LogP contribution in [0.15, 0.2) is 12.1 Å². The summed E-state index contributed by atoms with van der Waals surface area (Å²) in [5.74, 6) is 0.116. The maximum Gasteiger partial charge on any atom is 0.262 e. The number of amides is 2. The number of carbonyl (C=O) groups excluding carboxylic acids is 2. The minimum Gasteiger partial charge on any atom is -0.482 e. The lowest BCUT2D eigenvalue weighted by molar-refractivity contribution is -0.120. The van der Waals surface area contributed by atoms with Gasteiger partial charge in [0, 0.05) is 18.0 Å². The summed E-state index contributed by atoms with van der Waals surface area (Å²) in [5, 5.41) is 5.84. The first-order chi connectivity index (χ1) is 10.0. The zero-order valence-electron chi connectivity index (χ0n) is 11.7. The van der Waals surface area contributed by atoms with Gasteiger partial charge in [0.2, 0.25) is 5.91 Å². The molecule has 22 heavy (non-hydrogen) atoms. The van der Waals surface area contributed by atoms with Crippen molar-refractivity contribution in [3.8, 4) is 5.75 Å². The van der Waals surface area contributed by atoms with Crippen molar-refractivity contribution < 1.29 is 14.3 Å². The summed E-state index contributed by atoms with van der Waals surface area (Å²) in [7, 11) is 0. The van der Waals surface area contributed by atoms with Crippen LogP contribution in [0, 0.1) is 5.92 Å². The second-order valence-corrected chi connectivity index (χ2v) is 5.83. The standard InChI is InChI=1S/C14H16ClN3O3.ClH/c15-9-4-11-12(21-6-13(19)17-11)5-10(9)18-14(20)7-1-2-8(16)3-7;/h4-5,7-8H,1-3,6,16H2,(H,17,19)(H,18,20);1H. The Morgan fingerprint density at radius 2 is 2.18 bits per heavy atom. The van der Waals surface area contributed by atoms with Gasteiger partial charge in [0.1, 0.15) is 5.75 Å². The van der Waals surface area contributed by atoms with Crippen molar-refractivity contribution in [2.75, 3.05) is 17.2 Å². The summed E-state index contributed by atoms with van der Waals surface area (Å²) in [6, 6.07) is 3.30. The molecule has 1 aromatic carbocycles. The molecule has 4 N–H and O–H groups in total. The van der Waals surface area contributed by atoms with Crippen molar-refractivity contribution in [3.63, 3.8) is 0 Å². The molecule has 0 spiro atoms. The Morgan fingerprint density at radius 3 is 2.86 bits per heavy atom. The van der Waals surface area contributed by atoms with E-state index in [1.54, 1.807) is 12.1 Å². The number of anilines is 2. The van der Waals surface area contributed by atoms with Crippen LogP contribution in [0.1, 0.15) is 19.3 Å². The topological polar surface area (TPSA) is 93.5 Å². The van der Waals surface area contributed by atoms with Crippen molar-refractivity contribution >= 4 is 47.2 Å². The van der Waals surface area contributed by atoms with E-state index in [9.17, 15) is 9.59 Å². The first kappa shape index (κ1) is 16.9. The highest BCUT2D eigenvalue weighted by Crippen LogP contribution is 2.37. The molecule has 1 saturated carbocycles. The average molecular weight is 346 g/mol. The van der Waals surface area contributed by atoms with E-state index >= 15 is 0 Å². The molecule has 1 fully saturated rings. The maximum atomic E-state index is 12.2. The number of ether oxygens (including phenoxy) is 1. The van der Waals surface area contributed by atoms with Gasteiger partial charge in [-0.15, -0.1) is 12.4 Å². The van der Waals surface area contributed by atoms with Gasteiger partial charge in [0.15, 0.2) is 6.61 Å². The molecule has 0 bridgehead atoms. The highest BCUT2D eigenvalue weighted by molar-refractivity contribution is 6.34. The minimum atomic E-state index is -0.227. The minimum absolute atomic E-state index is 0. The largest absolute Gasteiger partial charge is 0.482 e. The van der Waals surface area contributed by atoms with Gasteiger partial charge in [0.05, 0.1) is 16.4 Å². The van der Waals surface area contributed by atoms with Gasteiger partial charge >= 0.3 is 0 Å². The van der Waals surface area contributed by atoms with E-state index in [2.05, 4.69) is 10.6 Å². The van der Waals surface area contributed by atoms with Crippen molar-refractivity contribution in [3.05, 3.63) is 17.2 Å². The normalized spacial score (nSPS) is 22.9. The third kappa shape index (κ3) is 3.45.